The summed E-state index contributed by atoms with van der Waals surface area (Å²) in [5.41, 5.74) is 6.65. The Kier molecular flexibility index (Phi) is 4.39. The van der Waals surface area contributed by atoms with Gasteiger partial charge in [-0.15, -0.1) is 0 Å². The maximum absolute atomic E-state index is 13.7. The molecule has 0 bridgehead atoms. The van der Waals surface area contributed by atoms with E-state index in [4.69, 9.17) is 0 Å². The molecule has 0 fully saturated rings. The van der Waals surface area contributed by atoms with Crippen LogP contribution >= 0.6 is 0 Å². The average molecular weight is 415 g/mol. The number of fused-ring (bicyclic) bond motifs is 4. The van der Waals surface area contributed by atoms with Crippen molar-refractivity contribution in [3.8, 4) is 0 Å². The summed E-state index contributed by atoms with van der Waals surface area (Å²) in [7, 11) is 0. The summed E-state index contributed by atoms with van der Waals surface area (Å²) in [6.45, 7) is 0.706. The molecule has 2 heterocycles. The molecule has 0 spiro atoms. The minimum atomic E-state index is 0.0374. The van der Waals surface area contributed by atoms with Gasteiger partial charge in [0.15, 0.2) is 0 Å². The second-order valence-electron chi connectivity index (χ2n) is 8.21. The highest BCUT2D eigenvalue weighted by Gasteiger charge is 2.20. The summed E-state index contributed by atoms with van der Waals surface area (Å²) in [5.74, 6) is 0. The fraction of sp³-hybridized carbons (Fsp3) is 0.0690. The van der Waals surface area contributed by atoms with Gasteiger partial charge in [-0.2, -0.15) is 0 Å². The molecule has 0 aliphatic heterocycles. The fourth-order valence-corrected chi connectivity index (χ4v) is 4.81. The van der Waals surface area contributed by atoms with Gasteiger partial charge in [-0.3, -0.25) is 9.20 Å². The molecule has 0 radical (unpaired) electrons. The molecule has 2 aromatic heterocycles. The van der Waals surface area contributed by atoms with E-state index in [0.717, 1.165) is 33.9 Å². The van der Waals surface area contributed by atoms with E-state index in [2.05, 4.69) is 65.2 Å². The first-order valence-corrected chi connectivity index (χ1v) is 10.9. The van der Waals surface area contributed by atoms with Crippen LogP contribution in [0.2, 0.25) is 0 Å². The smallest absolute Gasteiger partial charge is 0.264 e. The van der Waals surface area contributed by atoms with Crippen LogP contribution in [0.25, 0.3) is 27.5 Å². The lowest BCUT2D eigenvalue weighted by Gasteiger charge is -2.14. The highest BCUT2D eigenvalue weighted by Crippen LogP contribution is 2.29. The van der Waals surface area contributed by atoms with Crippen LogP contribution in [-0.2, 0) is 13.0 Å². The van der Waals surface area contributed by atoms with Gasteiger partial charge in [0.1, 0.15) is 5.65 Å². The third-order valence-electron chi connectivity index (χ3n) is 6.24. The molecule has 6 aromatic rings. The van der Waals surface area contributed by atoms with Crippen molar-refractivity contribution in [3.05, 3.63) is 136 Å². The Hall–Kier alpha value is -4.11. The highest BCUT2D eigenvalue weighted by atomic mass is 16.1. The topological polar surface area (TPSA) is 26.4 Å². The number of aromatic nitrogens is 2. The minimum Gasteiger partial charge on any atom is -0.321 e. The molecule has 0 N–H and O–H groups in total. The summed E-state index contributed by atoms with van der Waals surface area (Å²) in [5, 5.41) is 1.79. The molecule has 0 unspecified atom stereocenters. The SMILES string of the molecule is O=c1c2ccccc2c(Cc2ccccc2)c2n(Cc3ccccc3)c3ccccc3n12. The molecule has 154 valence electrons. The van der Waals surface area contributed by atoms with Crippen LogP contribution in [0, 0.1) is 0 Å². The number of para-hydroxylation sites is 2. The van der Waals surface area contributed by atoms with Crippen LogP contribution in [0.4, 0.5) is 0 Å². The van der Waals surface area contributed by atoms with Crippen molar-refractivity contribution in [3.63, 3.8) is 0 Å². The van der Waals surface area contributed by atoms with Crippen LogP contribution < -0.4 is 5.56 Å². The number of hydrogen-bond acceptors (Lipinski definition) is 1. The minimum absolute atomic E-state index is 0.0374. The lowest BCUT2D eigenvalue weighted by Crippen LogP contribution is -2.16. The number of imidazole rings is 1. The molecular weight excluding hydrogens is 392 g/mol. The number of nitrogens with zero attached hydrogens (tertiary/aromatic N) is 2. The van der Waals surface area contributed by atoms with Crippen molar-refractivity contribution in [2.75, 3.05) is 0 Å². The molecule has 0 atom stereocenters. The van der Waals surface area contributed by atoms with Gasteiger partial charge in [-0.05, 0) is 34.7 Å². The molecule has 32 heavy (non-hydrogen) atoms. The van der Waals surface area contributed by atoms with Crippen molar-refractivity contribution in [1.82, 2.24) is 8.97 Å². The van der Waals surface area contributed by atoms with Gasteiger partial charge >= 0.3 is 0 Å². The van der Waals surface area contributed by atoms with E-state index in [0.29, 0.717) is 6.54 Å². The largest absolute Gasteiger partial charge is 0.321 e. The quantitative estimate of drug-likeness (QED) is 0.345. The lowest BCUT2D eigenvalue weighted by atomic mass is 10.00. The van der Waals surface area contributed by atoms with Gasteiger partial charge in [0, 0.05) is 23.9 Å². The van der Waals surface area contributed by atoms with Crippen LogP contribution in [-0.4, -0.2) is 8.97 Å². The second-order valence-corrected chi connectivity index (χ2v) is 8.21. The van der Waals surface area contributed by atoms with E-state index >= 15 is 0 Å². The normalized spacial score (nSPS) is 11.5. The van der Waals surface area contributed by atoms with Crippen molar-refractivity contribution >= 4 is 27.5 Å². The molecule has 0 saturated heterocycles. The first kappa shape index (κ1) is 18.6. The van der Waals surface area contributed by atoms with E-state index in [9.17, 15) is 4.79 Å². The van der Waals surface area contributed by atoms with Gasteiger partial charge in [0.2, 0.25) is 0 Å². The van der Waals surface area contributed by atoms with E-state index in [1.165, 1.54) is 16.7 Å². The van der Waals surface area contributed by atoms with Gasteiger partial charge in [-0.25, -0.2) is 0 Å². The maximum Gasteiger partial charge on any atom is 0.264 e. The van der Waals surface area contributed by atoms with E-state index < -0.39 is 0 Å². The van der Waals surface area contributed by atoms with Gasteiger partial charge in [0.25, 0.3) is 5.56 Å². The number of rotatable bonds is 4. The zero-order valence-corrected chi connectivity index (χ0v) is 17.6. The third-order valence-corrected chi connectivity index (χ3v) is 6.24. The summed E-state index contributed by atoms with van der Waals surface area (Å²) in [6, 6.07) is 37.2. The van der Waals surface area contributed by atoms with E-state index in [-0.39, 0.29) is 5.56 Å². The first-order valence-electron chi connectivity index (χ1n) is 10.9. The average Bonchev–Trinajstić information content (AvgIpc) is 3.17. The van der Waals surface area contributed by atoms with Crippen LogP contribution in [0.3, 0.4) is 0 Å². The molecule has 0 amide bonds. The predicted molar refractivity (Wildman–Crippen MR) is 131 cm³/mol. The lowest BCUT2D eigenvalue weighted by molar-refractivity contribution is 0.847. The summed E-state index contributed by atoms with van der Waals surface area (Å²) < 4.78 is 4.22. The van der Waals surface area contributed by atoms with Crippen molar-refractivity contribution < 1.29 is 0 Å². The van der Waals surface area contributed by atoms with Crippen LogP contribution in [0.5, 0.6) is 0 Å². The first-order chi connectivity index (χ1) is 15.8. The van der Waals surface area contributed by atoms with E-state index in [1.807, 2.05) is 52.9 Å². The standard InChI is InChI=1S/C29H22N2O/c32-29-24-16-8-7-15-23(24)25(19-21-11-3-1-4-12-21)28-30(20-22-13-5-2-6-14-22)26-17-9-10-18-27(26)31(28)29/h1-18H,19-20H2. The highest BCUT2D eigenvalue weighted by molar-refractivity contribution is 5.94. The summed E-state index contributed by atoms with van der Waals surface area (Å²) in [4.78, 5) is 13.7. The molecule has 6 rings (SSSR count). The Morgan fingerprint density at radius 2 is 1.12 bits per heavy atom. The van der Waals surface area contributed by atoms with Crippen molar-refractivity contribution in [1.29, 1.82) is 0 Å². The molecule has 4 aromatic carbocycles. The molecular formula is C29H22N2O. The van der Waals surface area contributed by atoms with Crippen molar-refractivity contribution in [2.45, 2.75) is 13.0 Å². The Balaban J connectivity index is 1.77. The molecule has 0 aliphatic rings. The zero-order valence-electron chi connectivity index (χ0n) is 17.6. The zero-order chi connectivity index (χ0) is 21.5. The fourth-order valence-electron chi connectivity index (χ4n) is 4.81. The third kappa shape index (κ3) is 2.94. The van der Waals surface area contributed by atoms with Crippen molar-refractivity contribution in [2.24, 2.45) is 0 Å². The number of benzene rings is 4. The molecule has 0 aliphatic carbocycles. The predicted octanol–water partition coefficient (Wildman–Crippen LogP) is 6.05. The summed E-state index contributed by atoms with van der Waals surface area (Å²) in [6.07, 6.45) is 0.760. The Morgan fingerprint density at radius 3 is 1.84 bits per heavy atom. The molecule has 0 saturated carbocycles. The molecule has 3 heteroatoms. The van der Waals surface area contributed by atoms with Crippen LogP contribution in [0.1, 0.15) is 16.7 Å². The Morgan fingerprint density at radius 1 is 0.562 bits per heavy atom. The number of hydrogen-bond donors (Lipinski definition) is 0. The Bertz CT molecular complexity index is 1630. The summed E-state index contributed by atoms with van der Waals surface area (Å²) >= 11 is 0. The number of pyridine rings is 1. The maximum atomic E-state index is 13.7. The Labute approximate surface area is 185 Å². The van der Waals surface area contributed by atoms with Crippen LogP contribution in [0.15, 0.2) is 114 Å². The van der Waals surface area contributed by atoms with Gasteiger partial charge < -0.3 is 4.57 Å². The van der Waals surface area contributed by atoms with Gasteiger partial charge in [-0.1, -0.05) is 91.0 Å². The van der Waals surface area contributed by atoms with Gasteiger partial charge in [0.05, 0.1) is 11.0 Å². The van der Waals surface area contributed by atoms with E-state index in [1.54, 1.807) is 0 Å². The second kappa shape index (κ2) is 7.54. The monoisotopic (exact) mass is 414 g/mol. The molecule has 3 nitrogen and oxygen atoms in total.